The van der Waals surface area contributed by atoms with Gasteiger partial charge in [0.05, 0.1) is 0 Å². The number of anilines is 1. The fraction of sp³-hybridized carbons (Fsp3) is 0. The summed E-state index contributed by atoms with van der Waals surface area (Å²) in [6, 6.07) is 8.91. The number of benzene rings is 1. The number of nitrogens with zero attached hydrogens (tertiary/aromatic N) is 1. The largest absolute Gasteiger partial charge is 0.384 e. The van der Waals surface area contributed by atoms with E-state index < -0.39 is 0 Å². The third-order valence-corrected chi connectivity index (χ3v) is 2.59. The van der Waals surface area contributed by atoms with Crippen molar-refractivity contribution >= 4 is 29.0 Å². The van der Waals surface area contributed by atoms with Crippen LogP contribution in [-0.4, -0.2) is 4.98 Å². The molecule has 0 fully saturated rings. The van der Waals surface area contributed by atoms with Crippen molar-refractivity contribution in [3.8, 4) is 11.1 Å². The van der Waals surface area contributed by atoms with E-state index in [2.05, 4.69) is 4.98 Å². The minimum absolute atomic E-state index is 0.462. The van der Waals surface area contributed by atoms with Crippen molar-refractivity contribution in [3.63, 3.8) is 0 Å². The third-order valence-electron chi connectivity index (χ3n) is 2.02. The first kappa shape index (κ1) is 10.3. The molecule has 15 heavy (non-hydrogen) atoms. The molecule has 0 aliphatic carbocycles. The van der Waals surface area contributed by atoms with Crippen molar-refractivity contribution in [2.75, 3.05) is 5.73 Å². The number of hydrogen-bond acceptors (Lipinski definition) is 2. The van der Waals surface area contributed by atoms with E-state index in [0.29, 0.717) is 15.9 Å². The summed E-state index contributed by atoms with van der Waals surface area (Å²) >= 11 is 12.0. The van der Waals surface area contributed by atoms with E-state index >= 15 is 0 Å². The van der Waals surface area contributed by atoms with Gasteiger partial charge < -0.3 is 5.73 Å². The molecule has 2 nitrogen and oxygen atoms in total. The van der Waals surface area contributed by atoms with Crippen LogP contribution in [0.2, 0.25) is 10.0 Å². The lowest BCUT2D eigenvalue weighted by Gasteiger charge is -2.05. The fourth-order valence-electron chi connectivity index (χ4n) is 1.33. The lowest BCUT2D eigenvalue weighted by molar-refractivity contribution is 1.34. The van der Waals surface area contributed by atoms with E-state index in [0.717, 1.165) is 11.1 Å². The van der Waals surface area contributed by atoms with Crippen LogP contribution in [-0.2, 0) is 0 Å². The summed E-state index contributed by atoms with van der Waals surface area (Å²) in [5.41, 5.74) is 7.37. The molecule has 0 saturated carbocycles. The Morgan fingerprint density at radius 3 is 2.60 bits per heavy atom. The van der Waals surface area contributed by atoms with Gasteiger partial charge in [-0.15, -0.1) is 0 Å². The van der Waals surface area contributed by atoms with E-state index in [4.69, 9.17) is 28.9 Å². The first-order chi connectivity index (χ1) is 7.16. The highest BCUT2D eigenvalue weighted by Gasteiger charge is 2.04. The number of rotatable bonds is 1. The maximum absolute atomic E-state index is 6.06. The number of nitrogen functional groups attached to an aromatic ring is 1. The van der Waals surface area contributed by atoms with Gasteiger partial charge in [0.1, 0.15) is 5.82 Å². The second kappa shape index (κ2) is 4.09. The van der Waals surface area contributed by atoms with Gasteiger partial charge in [0.2, 0.25) is 0 Å². The first-order valence-corrected chi connectivity index (χ1v) is 5.09. The molecule has 1 heterocycles. The van der Waals surface area contributed by atoms with Crippen LogP contribution in [0, 0.1) is 0 Å². The highest BCUT2D eigenvalue weighted by Crippen LogP contribution is 2.30. The van der Waals surface area contributed by atoms with Crippen molar-refractivity contribution in [2.24, 2.45) is 0 Å². The van der Waals surface area contributed by atoms with Gasteiger partial charge in [-0.25, -0.2) is 4.98 Å². The molecule has 0 radical (unpaired) electrons. The SMILES string of the molecule is Nc1cc(-c2cc(Cl)ccc2Cl)ccn1. The molecular weight excluding hydrogens is 231 g/mol. The average Bonchev–Trinajstić information content (AvgIpc) is 2.22. The molecule has 0 aliphatic heterocycles. The van der Waals surface area contributed by atoms with Gasteiger partial charge in [0.15, 0.2) is 0 Å². The third kappa shape index (κ3) is 2.22. The maximum atomic E-state index is 6.06. The lowest BCUT2D eigenvalue weighted by Crippen LogP contribution is -1.89. The Hall–Kier alpha value is -1.25. The quantitative estimate of drug-likeness (QED) is 0.825. The standard InChI is InChI=1S/C11H8Cl2N2/c12-8-1-2-10(13)9(6-8)7-3-4-15-11(14)5-7/h1-6H,(H2,14,15). The Morgan fingerprint density at radius 1 is 1.07 bits per heavy atom. The van der Waals surface area contributed by atoms with Crippen molar-refractivity contribution in [1.82, 2.24) is 4.98 Å². The number of hydrogen-bond donors (Lipinski definition) is 1. The van der Waals surface area contributed by atoms with Gasteiger partial charge in [-0.05, 0) is 35.9 Å². The van der Waals surface area contributed by atoms with Crippen LogP contribution in [0.5, 0.6) is 0 Å². The zero-order chi connectivity index (χ0) is 10.8. The Bertz CT molecular complexity index is 498. The molecule has 0 amide bonds. The minimum atomic E-state index is 0.462. The summed E-state index contributed by atoms with van der Waals surface area (Å²) in [6.07, 6.45) is 1.64. The molecule has 76 valence electrons. The molecule has 0 spiro atoms. The fourth-order valence-corrected chi connectivity index (χ4v) is 1.73. The maximum Gasteiger partial charge on any atom is 0.123 e. The van der Waals surface area contributed by atoms with Crippen molar-refractivity contribution in [1.29, 1.82) is 0 Å². The highest BCUT2D eigenvalue weighted by atomic mass is 35.5. The summed E-state index contributed by atoms with van der Waals surface area (Å²) in [5, 5.41) is 1.29. The summed E-state index contributed by atoms with van der Waals surface area (Å²) in [6.45, 7) is 0. The van der Waals surface area contributed by atoms with E-state index in [-0.39, 0.29) is 0 Å². The number of pyridine rings is 1. The molecule has 0 aliphatic rings. The van der Waals surface area contributed by atoms with Crippen molar-refractivity contribution in [2.45, 2.75) is 0 Å². The molecule has 2 aromatic rings. The van der Waals surface area contributed by atoms with Crippen LogP contribution in [0.15, 0.2) is 36.5 Å². The number of aromatic nitrogens is 1. The Labute approximate surface area is 97.7 Å². The lowest BCUT2D eigenvalue weighted by atomic mass is 10.1. The Kier molecular flexibility index (Phi) is 2.80. The minimum Gasteiger partial charge on any atom is -0.384 e. The monoisotopic (exact) mass is 238 g/mol. The van der Waals surface area contributed by atoms with Crippen LogP contribution in [0.25, 0.3) is 11.1 Å². The molecule has 1 aromatic carbocycles. The zero-order valence-corrected chi connectivity index (χ0v) is 9.26. The average molecular weight is 239 g/mol. The van der Waals surface area contributed by atoms with E-state index in [9.17, 15) is 0 Å². The molecule has 1 aromatic heterocycles. The van der Waals surface area contributed by atoms with Crippen LogP contribution in [0.3, 0.4) is 0 Å². The van der Waals surface area contributed by atoms with Gasteiger partial charge >= 0.3 is 0 Å². The van der Waals surface area contributed by atoms with Crippen LogP contribution >= 0.6 is 23.2 Å². The molecule has 2 N–H and O–H groups in total. The number of nitrogens with two attached hydrogens (primary N) is 1. The van der Waals surface area contributed by atoms with E-state index in [1.54, 1.807) is 30.5 Å². The van der Waals surface area contributed by atoms with E-state index in [1.165, 1.54) is 0 Å². The smallest absolute Gasteiger partial charge is 0.123 e. The van der Waals surface area contributed by atoms with Crippen LogP contribution in [0.1, 0.15) is 0 Å². The topological polar surface area (TPSA) is 38.9 Å². The van der Waals surface area contributed by atoms with Gasteiger partial charge in [-0.3, -0.25) is 0 Å². The first-order valence-electron chi connectivity index (χ1n) is 4.34. The molecule has 0 bridgehead atoms. The van der Waals surface area contributed by atoms with E-state index in [1.807, 2.05) is 6.07 Å². The second-order valence-corrected chi connectivity index (χ2v) is 3.94. The molecule has 2 rings (SSSR count). The van der Waals surface area contributed by atoms with Crippen molar-refractivity contribution < 1.29 is 0 Å². The number of halogens is 2. The van der Waals surface area contributed by atoms with Crippen LogP contribution < -0.4 is 5.73 Å². The summed E-state index contributed by atoms with van der Waals surface area (Å²) in [4.78, 5) is 3.92. The predicted molar refractivity (Wildman–Crippen MR) is 64.1 cm³/mol. The summed E-state index contributed by atoms with van der Waals surface area (Å²) < 4.78 is 0. The Morgan fingerprint density at radius 2 is 1.87 bits per heavy atom. The Balaban J connectivity index is 2.58. The van der Waals surface area contributed by atoms with Crippen molar-refractivity contribution in [3.05, 3.63) is 46.6 Å². The van der Waals surface area contributed by atoms with Gasteiger partial charge in [-0.1, -0.05) is 23.2 Å². The molecule has 0 saturated heterocycles. The summed E-state index contributed by atoms with van der Waals surface area (Å²) in [5.74, 6) is 0.462. The van der Waals surface area contributed by atoms with Crippen LogP contribution in [0.4, 0.5) is 5.82 Å². The predicted octanol–water partition coefficient (Wildman–Crippen LogP) is 3.64. The summed E-state index contributed by atoms with van der Waals surface area (Å²) in [7, 11) is 0. The van der Waals surface area contributed by atoms with Gasteiger partial charge in [-0.2, -0.15) is 0 Å². The van der Waals surface area contributed by atoms with Gasteiger partial charge in [0.25, 0.3) is 0 Å². The molecule has 4 heteroatoms. The second-order valence-electron chi connectivity index (χ2n) is 3.09. The normalized spacial score (nSPS) is 10.3. The van der Waals surface area contributed by atoms with Gasteiger partial charge in [0, 0.05) is 21.8 Å². The molecule has 0 unspecified atom stereocenters. The molecular formula is C11H8Cl2N2. The zero-order valence-electron chi connectivity index (χ0n) is 7.74. The molecule has 0 atom stereocenters. The highest BCUT2D eigenvalue weighted by molar-refractivity contribution is 6.35.